The quantitative estimate of drug-likeness (QED) is 0.612. The lowest BCUT2D eigenvalue weighted by molar-refractivity contribution is -0.143. The highest BCUT2D eigenvalue weighted by molar-refractivity contribution is 5.93. The maximum Gasteiger partial charge on any atom is 0.407 e. The largest absolute Gasteiger partial charge is 0.481 e. The minimum Gasteiger partial charge on any atom is -0.481 e. The third-order valence-corrected chi connectivity index (χ3v) is 6.23. The number of amides is 2. The first kappa shape index (κ1) is 22.4. The normalized spacial score (nSPS) is 18.8. The second kappa shape index (κ2) is 10.2. The Labute approximate surface area is 192 Å². The van der Waals surface area contributed by atoms with Crippen molar-refractivity contribution in [1.82, 2.24) is 10.6 Å². The number of fused-ring (bicyclic) bond motifs is 3. The SMILES string of the molecule is O=C(C#CCNC(=O)OCC1c2ccccc2-c2ccccc21)N[C@H]1CCC[C@@H](C(=O)O)C1. The fourth-order valence-electron chi connectivity index (χ4n) is 4.66. The smallest absolute Gasteiger partial charge is 0.407 e. The molecule has 1 saturated carbocycles. The van der Waals surface area contributed by atoms with E-state index in [-0.39, 0.29) is 25.1 Å². The molecule has 2 amide bonds. The molecule has 2 aromatic carbocycles. The van der Waals surface area contributed by atoms with Crippen LogP contribution in [0.25, 0.3) is 11.1 Å². The van der Waals surface area contributed by atoms with Crippen LogP contribution in [-0.4, -0.2) is 42.3 Å². The molecule has 33 heavy (non-hydrogen) atoms. The van der Waals surface area contributed by atoms with Gasteiger partial charge >= 0.3 is 12.1 Å². The van der Waals surface area contributed by atoms with Gasteiger partial charge in [-0.1, -0.05) is 60.9 Å². The molecule has 3 N–H and O–H groups in total. The van der Waals surface area contributed by atoms with Gasteiger partial charge in [0.05, 0.1) is 12.5 Å². The minimum absolute atomic E-state index is 0.0213. The van der Waals surface area contributed by atoms with Gasteiger partial charge in [-0.2, -0.15) is 0 Å². The van der Waals surface area contributed by atoms with Crippen molar-refractivity contribution in [1.29, 1.82) is 0 Å². The van der Waals surface area contributed by atoms with Crippen LogP contribution in [0.3, 0.4) is 0 Å². The van der Waals surface area contributed by atoms with E-state index in [1.807, 2.05) is 24.3 Å². The van der Waals surface area contributed by atoms with E-state index in [1.54, 1.807) is 0 Å². The fourth-order valence-corrected chi connectivity index (χ4v) is 4.66. The molecule has 4 rings (SSSR count). The molecule has 2 aromatic rings. The number of carboxylic acid groups (broad SMARTS) is 1. The number of hydrogen-bond acceptors (Lipinski definition) is 4. The summed E-state index contributed by atoms with van der Waals surface area (Å²) in [4.78, 5) is 35.2. The second-order valence-corrected chi connectivity index (χ2v) is 8.35. The van der Waals surface area contributed by atoms with E-state index in [0.29, 0.717) is 12.8 Å². The summed E-state index contributed by atoms with van der Waals surface area (Å²) in [5.74, 6) is 3.30. The van der Waals surface area contributed by atoms with Crippen LogP contribution in [0.1, 0.15) is 42.7 Å². The zero-order chi connectivity index (χ0) is 23.2. The third-order valence-electron chi connectivity index (χ3n) is 6.23. The molecule has 7 heteroatoms. The van der Waals surface area contributed by atoms with Gasteiger partial charge in [0.1, 0.15) is 6.61 Å². The zero-order valence-electron chi connectivity index (χ0n) is 18.2. The Morgan fingerprint density at radius 2 is 1.67 bits per heavy atom. The van der Waals surface area contributed by atoms with Crippen molar-refractivity contribution in [3.05, 3.63) is 59.7 Å². The van der Waals surface area contributed by atoms with Crippen LogP contribution in [0.5, 0.6) is 0 Å². The number of carbonyl (C=O) groups excluding carboxylic acids is 2. The molecule has 0 saturated heterocycles. The van der Waals surface area contributed by atoms with Crippen molar-refractivity contribution >= 4 is 18.0 Å². The van der Waals surface area contributed by atoms with Crippen molar-refractivity contribution in [2.45, 2.75) is 37.6 Å². The lowest BCUT2D eigenvalue weighted by Crippen LogP contribution is -2.39. The maximum absolute atomic E-state index is 12.1. The molecular weight excluding hydrogens is 420 g/mol. The molecule has 2 aliphatic carbocycles. The summed E-state index contributed by atoms with van der Waals surface area (Å²) < 4.78 is 5.43. The van der Waals surface area contributed by atoms with Gasteiger partial charge in [0.25, 0.3) is 5.91 Å². The van der Waals surface area contributed by atoms with Gasteiger partial charge in [0, 0.05) is 12.0 Å². The summed E-state index contributed by atoms with van der Waals surface area (Å²) in [7, 11) is 0. The van der Waals surface area contributed by atoms with Gasteiger partial charge in [-0.3, -0.25) is 9.59 Å². The van der Waals surface area contributed by atoms with E-state index in [2.05, 4.69) is 46.7 Å². The number of benzene rings is 2. The van der Waals surface area contributed by atoms with E-state index >= 15 is 0 Å². The number of rotatable bonds is 5. The van der Waals surface area contributed by atoms with E-state index in [1.165, 1.54) is 0 Å². The van der Waals surface area contributed by atoms with Crippen molar-refractivity contribution in [3.63, 3.8) is 0 Å². The van der Waals surface area contributed by atoms with Crippen molar-refractivity contribution < 1.29 is 24.2 Å². The van der Waals surface area contributed by atoms with Crippen LogP contribution < -0.4 is 10.6 Å². The molecule has 170 valence electrons. The topological polar surface area (TPSA) is 105 Å². The number of nitrogens with one attached hydrogen (secondary N) is 2. The molecule has 2 atom stereocenters. The molecule has 0 heterocycles. The average Bonchev–Trinajstić information content (AvgIpc) is 3.14. The summed E-state index contributed by atoms with van der Waals surface area (Å²) in [6.07, 6.45) is 1.97. The summed E-state index contributed by atoms with van der Waals surface area (Å²) in [5.41, 5.74) is 4.59. The summed E-state index contributed by atoms with van der Waals surface area (Å²) in [6, 6.07) is 16.0. The summed E-state index contributed by atoms with van der Waals surface area (Å²) in [6.45, 7) is 0.187. The van der Waals surface area contributed by atoms with Crippen LogP contribution in [0.2, 0.25) is 0 Å². The first-order valence-corrected chi connectivity index (χ1v) is 11.1. The molecule has 0 bridgehead atoms. The van der Waals surface area contributed by atoms with E-state index < -0.39 is 23.9 Å². The first-order valence-electron chi connectivity index (χ1n) is 11.1. The number of carbonyl (C=O) groups is 3. The highest BCUT2D eigenvalue weighted by atomic mass is 16.5. The molecule has 7 nitrogen and oxygen atoms in total. The van der Waals surface area contributed by atoms with Gasteiger partial charge in [-0.15, -0.1) is 0 Å². The van der Waals surface area contributed by atoms with E-state index in [9.17, 15) is 14.4 Å². The van der Waals surface area contributed by atoms with Crippen molar-refractivity contribution in [3.8, 4) is 23.0 Å². The van der Waals surface area contributed by atoms with Crippen LogP contribution in [0.4, 0.5) is 4.79 Å². The average molecular weight is 447 g/mol. The standard InChI is InChI=1S/C26H26N2O5/c29-24(28-18-8-5-7-17(15-18)25(30)31)13-6-14-27-26(32)33-16-23-21-11-3-1-9-19(21)20-10-2-4-12-22(20)23/h1-4,9-12,17-18,23H,5,7-8,14-16H2,(H,27,32)(H,28,29)(H,30,31)/t17-,18+/m1/s1. The molecule has 2 aliphatic rings. The van der Waals surface area contributed by atoms with Gasteiger partial charge in [-0.25, -0.2) is 4.79 Å². The van der Waals surface area contributed by atoms with Crippen LogP contribution >= 0.6 is 0 Å². The van der Waals surface area contributed by atoms with Gasteiger partial charge in [0.2, 0.25) is 0 Å². The lowest BCUT2D eigenvalue weighted by atomic mass is 9.86. The highest BCUT2D eigenvalue weighted by Gasteiger charge is 2.29. The van der Waals surface area contributed by atoms with E-state index in [0.717, 1.165) is 35.1 Å². The molecular formula is C26H26N2O5. The van der Waals surface area contributed by atoms with Crippen LogP contribution in [-0.2, 0) is 14.3 Å². The number of ether oxygens (including phenoxy) is 1. The van der Waals surface area contributed by atoms with Gasteiger partial charge in [-0.05, 0) is 47.4 Å². The number of aliphatic carboxylic acids is 1. The first-order chi connectivity index (χ1) is 16.0. The Bertz CT molecular complexity index is 1070. The summed E-state index contributed by atoms with van der Waals surface area (Å²) in [5, 5.41) is 14.4. The third kappa shape index (κ3) is 5.35. The highest BCUT2D eigenvalue weighted by Crippen LogP contribution is 2.44. The molecule has 1 fully saturated rings. The van der Waals surface area contributed by atoms with Gasteiger partial charge in [0.15, 0.2) is 0 Å². The Morgan fingerprint density at radius 3 is 2.33 bits per heavy atom. The Kier molecular flexibility index (Phi) is 6.94. The lowest BCUT2D eigenvalue weighted by Gasteiger charge is -2.26. The number of carboxylic acids is 1. The molecule has 0 aromatic heterocycles. The van der Waals surface area contributed by atoms with Crippen molar-refractivity contribution in [2.75, 3.05) is 13.2 Å². The predicted octanol–water partition coefficient (Wildman–Crippen LogP) is 3.29. The Morgan fingerprint density at radius 1 is 1.00 bits per heavy atom. The van der Waals surface area contributed by atoms with E-state index in [4.69, 9.17) is 9.84 Å². The minimum atomic E-state index is -0.827. The predicted molar refractivity (Wildman–Crippen MR) is 122 cm³/mol. The molecule has 0 unspecified atom stereocenters. The Balaban J connectivity index is 1.23. The number of alkyl carbamates (subject to hydrolysis) is 1. The zero-order valence-corrected chi connectivity index (χ0v) is 18.2. The van der Waals surface area contributed by atoms with Crippen LogP contribution in [0.15, 0.2) is 48.5 Å². The maximum atomic E-state index is 12.1. The molecule has 0 aliphatic heterocycles. The number of hydrogen-bond donors (Lipinski definition) is 3. The fraction of sp³-hybridized carbons (Fsp3) is 0.346. The summed E-state index contributed by atoms with van der Waals surface area (Å²) >= 11 is 0. The second-order valence-electron chi connectivity index (χ2n) is 8.35. The van der Waals surface area contributed by atoms with Crippen molar-refractivity contribution in [2.24, 2.45) is 5.92 Å². The Hall–Kier alpha value is -3.79. The van der Waals surface area contributed by atoms with Crippen LogP contribution in [0, 0.1) is 17.8 Å². The van der Waals surface area contributed by atoms with Gasteiger partial charge < -0.3 is 20.5 Å². The monoisotopic (exact) mass is 446 g/mol. The molecule has 0 spiro atoms. The molecule has 0 radical (unpaired) electrons.